The number of carboxylic acid groups (broad SMARTS) is 1. The highest BCUT2D eigenvalue weighted by Crippen LogP contribution is 2.57. The fraction of sp³-hybridized carbons (Fsp3) is 0.467. The lowest BCUT2D eigenvalue weighted by molar-refractivity contribution is -0.144. The molecule has 1 saturated carbocycles. The fourth-order valence-electron chi connectivity index (χ4n) is 9.53. The molecule has 4 atom stereocenters. The fourth-order valence-corrected chi connectivity index (χ4v) is 10.5. The number of anilines is 1. The Morgan fingerprint density at radius 1 is 1.04 bits per heavy atom. The molecular weight excluding hydrogens is 761 g/mol. The van der Waals surface area contributed by atoms with Gasteiger partial charge in [0.15, 0.2) is 0 Å². The molecule has 4 N–H and O–H groups in total. The van der Waals surface area contributed by atoms with Crippen molar-refractivity contribution in [2.24, 2.45) is 11.8 Å². The highest BCUT2D eigenvalue weighted by molar-refractivity contribution is 7.47. The van der Waals surface area contributed by atoms with Gasteiger partial charge in [0.05, 0.1) is 13.2 Å². The second-order valence-electron chi connectivity index (χ2n) is 16.4. The highest BCUT2D eigenvalue weighted by atomic mass is 35.5. The molecule has 1 fully saturated rings. The van der Waals surface area contributed by atoms with Crippen LogP contribution in [-0.4, -0.2) is 52.8 Å². The minimum atomic E-state index is -4.42. The smallest absolute Gasteiger partial charge is 0.493 e. The molecule has 0 radical (unpaired) electrons. The summed E-state index contributed by atoms with van der Waals surface area (Å²) in [5.41, 5.74) is 4.93. The van der Waals surface area contributed by atoms with Crippen molar-refractivity contribution in [1.82, 2.24) is 10.3 Å². The average molecular weight is 816 g/mol. The van der Waals surface area contributed by atoms with E-state index in [1.807, 2.05) is 54.7 Å². The summed E-state index contributed by atoms with van der Waals surface area (Å²) in [6, 6.07) is 24.9. The van der Waals surface area contributed by atoms with Crippen LogP contribution in [0.2, 0.25) is 5.02 Å². The van der Waals surface area contributed by atoms with Crippen molar-refractivity contribution in [3.05, 3.63) is 118 Å². The summed E-state index contributed by atoms with van der Waals surface area (Å²) >= 11 is 6.28. The van der Waals surface area contributed by atoms with Crippen molar-refractivity contribution in [3.8, 4) is 11.5 Å². The van der Waals surface area contributed by atoms with Crippen molar-refractivity contribution in [3.63, 3.8) is 0 Å². The third-order valence-corrected chi connectivity index (χ3v) is 13.6. The van der Waals surface area contributed by atoms with Crippen LogP contribution in [0, 0.1) is 11.8 Å². The molecule has 1 spiro atoms. The van der Waals surface area contributed by atoms with Gasteiger partial charge in [0.25, 0.3) is 0 Å². The second-order valence-corrected chi connectivity index (χ2v) is 18.2. The lowest BCUT2D eigenvalue weighted by Crippen LogP contribution is -2.53. The summed E-state index contributed by atoms with van der Waals surface area (Å²) in [5.74, 6) is 1.12. The van der Waals surface area contributed by atoms with Crippen LogP contribution in [0.1, 0.15) is 92.7 Å². The molecule has 0 saturated heterocycles. The standard InChI is InChI=1S/C45H55ClN3O7P/c1-31(30-54-41-17-23-48-40-13-6-8-32(2)42(40)41)26-35-27-34-14-15-38(56-57(52,53)55-25-24-47-22-16-33-9-4-3-5-10-33)29-39(34)44(35)18-20-45(21-19-44,43(50)51)49-37-12-7-11-36(46)28-37/h3-5,7,9-12,14-15,17,23,28-29,31-32,35,47,49H,6,8,13,16,18-22,24-27,30H2,1-2H3,(H,50,51)(H,52,53)/t31-,32-,35?,44?,45?/m1/s1. The van der Waals surface area contributed by atoms with E-state index < -0.39 is 19.3 Å². The van der Waals surface area contributed by atoms with Gasteiger partial charge >= 0.3 is 13.8 Å². The lowest BCUT2D eigenvalue weighted by atomic mass is 9.59. The van der Waals surface area contributed by atoms with Gasteiger partial charge in [-0.1, -0.05) is 67.9 Å². The molecule has 10 nitrogen and oxygen atoms in total. The molecule has 3 aromatic carbocycles. The van der Waals surface area contributed by atoms with Crippen molar-refractivity contribution in [2.45, 2.75) is 94.9 Å². The third-order valence-electron chi connectivity index (χ3n) is 12.5. The number of carbonyl (C=O) groups is 1. The van der Waals surface area contributed by atoms with E-state index in [2.05, 4.69) is 41.6 Å². The maximum Gasteiger partial charge on any atom is 0.527 e. The van der Waals surface area contributed by atoms with Crippen LogP contribution in [0.3, 0.4) is 0 Å². The molecule has 3 aliphatic carbocycles. The van der Waals surface area contributed by atoms with Gasteiger partial charge in [0, 0.05) is 34.7 Å². The van der Waals surface area contributed by atoms with E-state index in [4.69, 9.17) is 25.4 Å². The quantitative estimate of drug-likeness (QED) is 0.0602. The number of hydrogen-bond donors (Lipinski definition) is 4. The topological polar surface area (TPSA) is 139 Å². The van der Waals surface area contributed by atoms with Gasteiger partial charge in [-0.15, -0.1) is 0 Å². The number of nitrogens with one attached hydrogen (secondary N) is 2. The molecule has 4 aromatic rings. The maximum atomic E-state index is 13.2. The lowest BCUT2D eigenvalue weighted by Gasteiger charge is -2.47. The molecular formula is C45H55ClN3O7P. The van der Waals surface area contributed by atoms with Crippen LogP contribution in [0.15, 0.2) is 85.1 Å². The summed E-state index contributed by atoms with van der Waals surface area (Å²) in [6.07, 6.45) is 9.63. The monoisotopic (exact) mass is 815 g/mol. The number of aliphatic carboxylic acids is 1. The maximum absolute atomic E-state index is 13.2. The Hall–Kier alpha value is -3.92. The Balaban J connectivity index is 1.06. The minimum Gasteiger partial charge on any atom is -0.493 e. The van der Waals surface area contributed by atoms with E-state index in [1.54, 1.807) is 18.2 Å². The van der Waals surface area contributed by atoms with Gasteiger partial charge in [-0.3, -0.25) is 14.4 Å². The summed E-state index contributed by atoms with van der Waals surface area (Å²) < 4.78 is 30.8. The molecule has 0 aliphatic heterocycles. The Kier molecular flexibility index (Phi) is 13.0. The summed E-state index contributed by atoms with van der Waals surface area (Å²) in [4.78, 5) is 28.4. The molecule has 304 valence electrons. The van der Waals surface area contributed by atoms with Crippen LogP contribution in [-0.2, 0) is 38.6 Å². The first-order chi connectivity index (χ1) is 27.5. The van der Waals surface area contributed by atoms with Crippen LogP contribution >= 0.6 is 19.4 Å². The first-order valence-corrected chi connectivity index (χ1v) is 22.3. The van der Waals surface area contributed by atoms with Gasteiger partial charge in [0.2, 0.25) is 0 Å². The molecule has 0 bridgehead atoms. The van der Waals surface area contributed by atoms with E-state index in [1.165, 1.54) is 11.1 Å². The first-order valence-electron chi connectivity index (χ1n) is 20.4. The predicted octanol–water partition coefficient (Wildman–Crippen LogP) is 9.53. The van der Waals surface area contributed by atoms with Crippen LogP contribution < -0.4 is 19.9 Å². The largest absolute Gasteiger partial charge is 0.527 e. The zero-order valence-corrected chi connectivity index (χ0v) is 34.6. The van der Waals surface area contributed by atoms with Crippen LogP contribution in [0.5, 0.6) is 11.5 Å². The van der Waals surface area contributed by atoms with E-state index in [9.17, 15) is 19.4 Å². The molecule has 57 heavy (non-hydrogen) atoms. The van der Waals surface area contributed by atoms with Crippen LogP contribution in [0.4, 0.5) is 5.69 Å². The molecule has 7 rings (SSSR count). The van der Waals surface area contributed by atoms with Gasteiger partial charge in [-0.2, -0.15) is 0 Å². The molecule has 3 aliphatic rings. The molecule has 1 heterocycles. The Morgan fingerprint density at radius 2 is 1.84 bits per heavy atom. The second kappa shape index (κ2) is 17.9. The van der Waals surface area contributed by atoms with E-state index in [0.717, 1.165) is 61.1 Å². The number of nitrogens with zero attached hydrogens (tertiary/aromatic N) is 1. The number of phosphoric ester groups is 1. The van der Waals surface area contributed by atoms with Crippen LogP contribution in [0.25, 0.3) is 0 Å². The van der Waals surface area contributed by atoms with Crippen molar-refractivity contribution >= 4 is 31.1 Å². The molecule has 0 amide bonds. The normalized spacial score (nSPS) is 24.2. The molecule has 1 aromatic heterocycles. The summed E-state index contributed by atoms with van der Waals surface area (Å²) in [5, 5.41) is 17.8. The predicted molar refractivity (Wildman–Crippen MR) is 224 cm³/mol. The zero-order chi connectivity index (χ0) is 40.0. The Labute approximate surface area is 341 Å². The van der Waals surface area contributed by atoms with Gasteiger partial charge in [0.1, 0.15) is 17.0 Å². The number of benzene rings is 3. The van der Waals surface area contributed by atoms with Gasteiger partial charge in [-0.05, 0) is 147 Å². The highest BCUT2D eigenvalue weighted by Gasteiger charge is 2.54. The average Bonchev–Trinajstić information content (AvgIpc) is 3.47. The third kappa shape index (κ3) is 9.69. The molecule has 12 heteroatoms. The van der Waals surface area contributed by atoms with Crippen molar-refractivity contribution < 1.29 is 33.1 Å². The number of aryl methyl sites for hydroxylation is 1. The Morgan fingerprint density at radius 3 is 2.61 bits per heavy atom. The summed E-state index contributed by atoms with van der Waals surface area (Å²) in [6.45, 7) is 6.16. The number of carboxylic acids is 1. The molecule has 2 unspecified atom stereocenters. The van der Waals surface area contributed by atoms with Gasteiger partial charge in [-0.25, -0.2) is 9.36 Å². The number of ether oxygens (including phenoxy) is 1. The number of hydrogen-bond acceptors (Lipinski definition) is 8. The van der Waals surface area contributed by atoms with E-state index in [0.29, 0.717) is 62.0 Å². The van der Waals surface area contributed by atoms with E-state index >= 15 is 0 Å². The minimum absolute atomic E-state index is 0.0115. The Bertz CT molecular complexity index is 2060. The number of aromatic nitrogens is 1. The van der Waals surface area contributed by atoms with Crippen molar-refractivity contribution in [2.75, 3.05) is 31.6 Å². The zero-order valence-electron chi connectivity index (χ0n) is 32.9. The number of halogens is 1. The number of fused-ring (bicyclic) bond motifs is 3. The number of pyridine rings is 1. The SMILES string of the molecule is C[C@@H](COc1ccnc2c1[C@H](C)CCC2)CC1Cc2ccc(OP(=O)(O)OCCNCCc3ccccc3)cc2C12CCC(Nc1cccc(Cl)c1)(C(=O)O)CC2. The van der Waals surface area contributed by atoms with Gasteiger partial charge < -0.3 is 25.0 Å². The first kappa shape index (κ1) is 41.2. The van der Waals surface area contributed by atoms with Crippen molar-refractivity contribution in [1.29, 1.82) is 0 Å². The van der Waals surface area contributed by atoms with E-state index in [-0.39, 0.29) is 29.6 Å². The summed E-state index contributed by atoms with van der Waals surface area (Å²) in [7, 11) is -4.42. The number of phosphoric acid groups is 1. The number of rotatable bonds is 17.